The average molecular weight is 224 g/mol. The molecular weight excluding hydrogens is 215 g/mol. The number of rotatable bonds is 2. The van der Waals surface area contributed by atoms with Crippen LogP contribution in [0.4, 0.5) is 0 Å². The van der Waals surface area contributed by atoms with Gasteiger partial charge in [-0.25, -0.2) is 9.79 Å². The van der Waals surface area contributed by atoms with Crippen molar-refractivity contribution in [2.45, 2.75) is 6.16 Å². The van der Waals surface area contributed by atoms with E-state index < -0.39 is 6.92 Å². The predicted molar refractivity (Wildman–Crippen MR) is 55.5 cm³/mol. The fraction of sp³-hybridized carbons (Fsp3) is 0.143. The number of halogens is 1. The second-order valence-corrected chi connectivity index (χ2v) is 6.54. The monoisotopic (exact) mass is 223 g/mol. The lowest BCUT2D eigenvalue weighted by Crippen LogP contribution is -1.87. The molecule has 1 aromatic carbocycles. The summed E-state index contributed by atoms with van der Waals surface area (Å²) in [6.07, 6.45) is 0.188. The first-order valence-electron chi connectivity index (χ1n) is 3.28. The van der Waals surface area contributed by atoms with Gasteiger partial charge < -0.3 is 0 Å². The second kappa shape index (κ2) is 3.95. The summed E-state index contributed by atoms with van der Waals surface area (Å²) in [5.74, 6) is 0. The molecule has 2 N–H and O–H groups in total. The molecule has 0 aromatic heterocycles. The Morgan fingerprint density at radius 1 is 1.25 bits per heavy atom. The molecule has 0 fully saturated rings. The van der Waals surface area contributed by atoms with Gasteiger partial charge >= 0.3 is 6.92 Å². The molecule has 66 valence electrons. The molecule has 0 heterocycles. The van der Waals surface area contributed by atoms with Gasteiger partial charge in [-0.3, -0.25) is 0 Å². The van der Waals surface area contributed by atoms with Crippen molar-refractivity contribution in [1.82, 2.24) is 0 Å². The lowest BCUT2D eigenvalue weighted by Gasteiger charge is -2.04. The zero-order valence-electron chi connectivity index (χ0n) is 6.18. The van der Waals surface area contributed by atoms with Gasteiger partial charge in [0.2, 0.25) is 0 Å². The molecule has 0 radical (unpaired) electrons. The van der Waals surface area contributed by atoms with Crippen LogP contribution in [0.25, 0.3) is 0 Å². The van der Waals surface area contributed by atoms with Crippen molar-refractivity contribution in [2.75, 3.05) is 0 Å². The third kappa shape index (κ3) is 3.74. The second-order valence-electron chi connectivity index (χ2n) is 2.48. The Kier molecular flexibility index (Phi) is 3.38. The van der Waals surface area contributed by atoms with Crippen LogP contribution in [0.15, 0.2) is 24.3 Å². The van der Waals surface area contributed by atoms with Gasteiger partial charge in [-0.05, 0) is 17.7 Å². The summed E-state index contributed by atoms with van der Waals surface area (Å²) in [7, 11) is 0. The van der Waals surface area contributed by atoms with Crippen LogP contribution in [-0.2, 0) is 6.16 Å². The van der Waals surface area contributed by atoms with Crippen LogP contribution in [0.1, 0.15) is 5.56 Å². The molecule has 0 aliphatic rings. The van der Waals surface area contributed by atoms with E-state index in [2.05, 4.69) is 12.2 Å². The lowest BCUT2D eigenvalue weighted by molar-refractivity contribution is 0.474. The Morgan fingerprint density at radius 2 is 1.75 bits per heavy atom. The maximum atomic E-state index is 9.04. The Labute approximate surface area is 81.8 Å². The SMILES string of the molecule is O[P+](O)(S)Cc1ccc(Cl)cc1. The average Bonchev–Trinajstić information content (AvgIpc) is 1.91. The van der Waals surface area contributed by atoms with Crippen LogP contribution in [0.2, 0.25) is 5.02 Å². The van der Waals surface area contributed by atoms with Crippen molar-refractivity contribution >= 4 is 30.8 Å². The van der Waals surface area contributed by atoms with Crippen LogP contribution in [0.5, 0.6) is 0 Å². The maximum absolute atomic E-state index is 9.04. The molecular formula is C7H9ClO2PS+. The molecule has 5 heteroatoms. The highest BCUT2D eigenvalue weighted by Gasteiger charge is 2.27. The van der Waals surface area contributed by atoms with Crippen LogP contribution in [0.3, 0.4) is 0 Å². The van der Waals surface area contributed by atoms with Gasteiger partial charge in [-0.1, -0.05) is 23.7 Å². The lowest BCUT2D eigenvalue weighted by atomic mass is 10.2. The van der Waals surface area contributed by atoms with Gasteiger partial charge in [-0.15, -0.1) is 0 Å². The van der Waals surface area contributed by atoms with Crippen LogP contribution >= 0.6 is 30.8 Å². The molecule has 0 aliphatic heterocycles. The van der Waals surface area contributed by atoms with Crippen molar-refractivity contribution in [3.8, 4) is 0 Å². The molecule has 12 heavy (non-hydrogen) atoms. The highest BCUT2D eigenvalue weighted by molar-refractivity contribution is 8.48. The molecule has 0 bridgehead atoms. The summed E-state index contributed by atoms with van der Waals surface area (Å²) >= 11 is 9.33. The topological polar surface area (TPSA) is 40.5 Å². The molecule has 1 aromatic rings. The Balaban J connectivity index is 2.71. The van der Waals surface area contributed by atoms with E-state index in [1.54, 1.807) is 24.3 Å². The number of benzene rings is 1. The van der Waals surface area contributed by atoms with Crippen molar-refractivity contribution in [3.05, 3.63) is 34.9 Å². The van der Waals surface area contributed by atoms with E-state index in [1.165, 1.54) is 0 Å². The molecule has 1 rings (SSSR count). The number of thiol groups is 1. The van der Waals surface area contributed by atoms with E-state index in [9.17, 15) is 0 Å². The van der Waals surface area contributed by atoms with Crippen LogP contribution in [-0.4, -0.2) is 9.79 Å². The van der Waals surface area contributed by atoms with Gasteiger partial charge in [0.1, 0.15) is 6.16 Å². The summed E-state index contributed by atoms with van der Waals surface area (Å²) in [6.45, 7) is -3.00. The molecule has 0 aliphatic carbocycles. The van der Waals surface area contributed by atoms with E-state index in [0.717, 1.165) is 5.56 Å². The number of hydrogen-bond acceptors (Lipinski definition) is 3. The van der Waals surface area contributed by atoms with E-state index in [4.69, 9.17) is 21.4 Å². The van der Waals surface area contributed by atoms with Gasteiger partial charge in [0.25, 0.3) is 0 Å². The van der Waals surface area contributed by atoms with E-state index in [1.807, 2.05) is 0 Å². The van der Waals surface area contributed by atoms with E-state index in [-0.39, 0.29) is 6.16 Å². The summed E-state index contributed by atoms with van der Waals surface area (Å²) < 4.78 is 0. The summed E-state index contributed by atoms with van der Waals surface area (Å²) in [6, 6.07) is 6.92. The van der Waals surface area contributed by atoms with E-state index in [0.29, 0.717) is 5.02 Å². The molecule has 0 saturated heterocycles. The fourth-order valence-electron chi connectivity index (χ4n) is 0.835. The van der Waals surface area contributed by atoms with Gasteiger partial charge in [0.05, 0.1) is 12.2 Å². The van der Waals surface area contributed by atoms with Gasteiger partial charge in [0.15, 0.2) is 0 Å². The minimum atomic E-state index is -3.00. The zero-order chi connectivity index (χ0) is 9.19. The first kappa shape index (κ1) is 10.3. The summed E-state index contributed by atoms with van der Waals surface area (Å²) in [4.78, 5) is 18.1. The highest BCUT2D eigenvalue weighted by Crippen LogP contribution is 2.57. The molecule has 0 unspecified atom stereocenters. The third-order valence-corrected chi connectivity index (χ3v) is 2.77. The first-order valence-corrected chi connectivity index (χ1v) is 6.69. The normalized spacial score (nSPS) is 11.7. The zero-order valence-corrected chi connectivity index (χ0v) is 8.73. The number of hydrogen-bond donors (Lipinski definition) is 3. The molecule has 0 amide bonds. The quantitative estimate of drug-likeness (QED) is 0.533. The maximum Gasteiger partial charge on any atom is 0.328 e. The van der Waals surface area contributed by atoms with Crippen LogP contribution < -0.4 is 0 Å². The standard InChI is InChI=1S/C7H9ClO2PS/c8-7-3-1-6(2-4-7)5-11(9,10)12/h1-4,9-10,12H,5H2/q+1. The summed E-state index contributed by atoms with van der Waals surface area (Å²) in [5.41, 5.74) is 0.827. The Morgan fingerprint density at radius 3 is 2.17 bits per heavy atom. The smallest absolute Gasteiger partial charge is 0.208 e. The predicted octanol–water partition coefficient (Wildman–Crippen LogP) is 2.52. The third-order valence-electron chi connectivity index (χ3n) is 1.31. The highest BCUT2D eigenvalue weighted by atomic mass is 35.5. The van der Waals surface area contributed by atoms with Gasteiger partial charge in [0, 0.05) is 5.02 Å². The molecule has 0 spiro atoms. The minimum absolute atomic E-state index is 0.188. The minimum Gasteiger partial charge on any atom is -0.208 e. The summed E-state index contributed by atoms with van der Waals surface area (Å²) in [5, 5.41) is 0.637. The van der Waals surface area contributed by atoms with Crippen LogP contribution in [0, 0.1) is 0 Å². The molecule has 2 nitrogen and oxygen atoms in total. The van der Waals surface area contributed by atoms with Gasteiger partial charge in [-0.2, -0.15) is 0 Å². The first-order chi connectivity index (χ1) is 5.47. The van der Waals surface area contributed by atoms with Crippen molar-refractivity contribution < 1.29 is 9.79 Å². The fourth-order valence-corrected chi connectivity index (χ4v) is 2.15. The van der Waals surface area contributed by atoms with Crippen molar-refractivity contribution in [2.24, 2.45) is 0 Å². The van der Waals surface area contributed by atoms with Crippen molar-refractivity contribution in [3.63, 3.8) is 0 Å². The molecule has 0 saturated carbocycles. The molecule has 0 atom stereocenters. The Bertz CT molecular complexity index is 257. The Hall–Kier alpha value is 0.210. The van der Waals surface area contributed by atoms with E-state index >= 15 is 0 Å². The largest absolute Gasteiger partial charge is 0.328 e. The van der Waals surface area contributed by atoms with Crippen molar-refractivity contribution in [1.29, 1.82) is 0 Å².